The Labute approximate surface area is 96.0 Å². The summed E-state index contributed by atoms with van der Waals surface area (Å²) in [7, 11) is 0. The molecule has 0 saturated carbocycles. The lowest BCUT2D eigenvalue weighted by Gasteiger charge is -2.11. The Kier molecular flexibility index (Phi) is 2.93. The highest BCUT2D eigenvalue weighted by atomic mass is 32.1. The first-order chi connectivity index (χ1) is 7.59. The maximum absolute atomic E-state index is 11.1. The number of carbonyl (C=O) groups excluding carboxylic acids is 1. The Morgan fingerprint density at radius 3 is 2.88 bits per heavy atom. The molecule has 0 aliphatic carbocycles. The lowest BCUT2D eigenvalue weighted by Crippen LogP contribution is -2.12. The van der Waals surface area contributed by atoms with Crippen molar-refractivity contribution in [3.05, 3.63) is 16.0 Å². The molecule has 1 aliphatic rings. The monoisotopic (exact) mass is 241 g/mol. The highest BCUT2D eigenvalue weighted by Crippen LogP contribution is 2.36. The van der Waals surface area contributed by atoms with Crippen LogP contribution in [0.25, 0.3) is 0 Å². The fraction of sp³-hybridized carbons (Fsp3) is 0.400. The Morgan fingerprint density at radius 2 is 2.25 bits per heavy atom. The number of ether oxygens (including phenoxy) is 1. The van der Waals surface area contributed by atoms with Crippen LogP contribution in [0.2, 0.25) is 0 Å². The number of amides is 1. The minimum atomic E-state index is -1.02. The number of fused-ring (bicyclic) bond motifs is 1. The molecule has 2 N–H and O–H groups in total. The van der Waals surface area contributed by atoms with Gasteiger partial charge < -0.3 is 15.2 Å². The molecule has 0 aromatic carbocycles. The number of carboxylic acid groups (broad SMARTS) is 1. The molecular weight excluding hydrogens is 230 g/mol. The summed E-state index contributed by atoms with van der Waals surface area (Å²) in [6, 6.07) is 0. The van der Waals surface area contributed by atoms with E-state index in [9.17, 15) is 9.59 Å². The Bertz CT molecular complexity index is 452. The first kappa shape index (κ1) is 11.1. The SMILES string of the molecule is CC(=O)Nc1sc2c(c1C(=O)O)COCC2. The zero-order chi connectivity index (χ0) is 11.7. The van der Waals surface area contributed by atoms with Crippen molar-refractivity contribution in [1.29, 1.82) is 0 Å². The lowest BCUT2D eigenvalue weighted by atomic mass is 10.1. The van der Waals surface area contributed by atoms with E-state index >= 15 is 0 Å². The van der Waals surface area contributed by atoms with Crippen molar-refractivity contribution in [3.8, 4) is 0 Å². The van der Waals surface area contributed by atoms with Crippen molar-refractivity contribution in [1.82, 2.24) is 0 Å². The molecule has 1 aromatic rings. The van der Waals surface area contributed by atoms with Crippen molar-refractivity contribution in [2.45, 2.75) is 20.0 Å². The molecule has 1 amide bonds. The molecule has 0 bridgehead atoms. The van der Waals surface area contributed by atoms with Crippen LogP contribution >= 0.6 is 11.3 Å². The van der Waals surface area contributed by atoms with E-state index in [-0.39, 0.29) is 11.5 Å². The van der Waals surface area contributed by atoms with Crippen LogP contribution in [0, 0.1) is 0 Å². The predicted molar refractivity (Wildman–Crippen MR) is 58.9 cm³/mol. The van der Waals surface area contributed by atoms with E-state index in [1.165, 1.54) is 18.3 Å². The van der Waals surface area contributed by atoms with Gasteiger partial charge in [0.1, 0.15) is 5.00 Å². The van der Waals surface area contributed by atoms with Crippen LogP contribution in [-0.2, 0) is 22.6 Å². The molecule has 86 valence electrons. The van der Waals surface area contributed by atoms with Gasteiger partial charge in [0.25, 0.3) is 0 Å². The molecule has 0 spiro atoms. The summed E-state index contributed by atoms with van der Waals surface area (Å²) in [6.07, 6.45) is 0.708. The van der Waals surface area contributed by atoms with Crippen LogP contribution in [0.4, 0.5) is 5.00 Å². The first-order valence-corrected chi connectivity index (χ1v) is 5.64. The smallest absolute Gasteiger partial charge is 0.339 e. The van der Waals surface area contributed by atoms with Crippen molar-refractivity contribution < 1.29 is 19.4 Å². The van der Waals surface area contributed by atoms with Gasteiger partial charge in [-0.2, -0.15) is 0 Å². The molecular formula is C10H11NO4S. The van der Waals surface area contributed by atoms with Crippen molar-refractivity contribution in [2.24, 2.45) is 0 Å². The molecule has 0 fully saturated rings. The van der Waals surface area contributed by atoms with Crippen LogP contribution in [0.15, 0.2) is 0 Å². The number of thiophene rings is 1. The number of carbonyl (C=O) groups is 2. The summed E-state index contributed by atoms with van der Waals surface area (Å²) >= 11 is 1.33. The van der Waals surface area contributed by atoms with Gasteiger partial charge in [0.15, 0.2) is 0 Å². The Hall–Kier alpha value is -1.40. The third-order valence-electron chi connectivity index (χ3n) is 2.31. The second-order valence-corrected chi connectivity index (χ2v) is 4.60. The fourth-order valence-corrected chi connectivity index (χ4v) is 2.90. The molecule has 2 rings (SSSR count). The summed E-state index contributed by atoms with van der Waals surface area (Å²) in [4.78, 5) is 23.1. The Morgan fingerprint density at radius 1 is 1.50 bits per heavy atom. The number of rotatable bonds is 2. The quantitative estimate of drug-likeness (QED) is 0.822. The van der Waals surface area contributed by atoms with E-state index in [0.29, 0.717) is 30.2 Å². The van der Waals surface area contributed by atoms with Gasteiger partial charge in [-0.1, -0.05) is 0 Å². The number of nitrogens with one attached hydrogen (secondary N) is 1. The van der Waals surface area contributed by atoms with E-state index < -0.39 is 5.97 Å². The minimum absolute atomic E-state index is 0.176. The summed E-state index contributed by atoms with van der Waals surface area (Å²) in [5.74, 6) is -1.28. The summed E-state index contributed by atoms with van der Waals surface area (Å²) in [5.41, 5.74) is 0.877. The zero-order valence-corrected chi connectivity index (χ0v) is 9.52. The maximum atomic E-state index is 11.1. The van der Waals surface area contributed by atoms with Crippen LogP contribution in [0.3, 0.4) is 0 Å². The minimum Gasteiger partial charge on any atom is -0.478 e. The van der Waals surface area contributed by atoms with Gasteiger partial charge in [-0.15, -0.1) is 11.3 Å². The van der Waals surface area contributed by atoms with Gasteiger partial charge in [0, 0.05) is 23.8 Å². The van der Waals surface area contributed by atoms with Crippen molar-refractivity contribution >= 4 is 28.2 Å². The van der Waals surface area contributed by atoms with Crippen LogP contribution in [0.5, 0.6) is 0 Å². The van der Waals surface area contributed by atoms with Crippen LogP contribution < -0.4 is 5.32 Å². The lowest BCUT2D eigenvalue weighted by molar-refractivity contribution is -0.114. The van der Waals surface area contributed by atoms with E-state index in [2.05, 4.69) is 5.32 Å². The highest BCUT2D eigenvalue weighted by Gasteiger charge is 2.25. The Balaban J connectivity index is 2.47. The number of hydrogen-bond acceptors (Lipinski definition) is 4. The van der Waals surface area contributed by atoms with Gasteiger partial charge in [-0.05, 0) is 0 Å². The highest BCUT2D eigenvalue weighted by molar-refractivity contribution is 7.17. The molecule has 5 nitrogen and oxygen atoms in total. The standard InChI is InChI=1S/C10H11NO4S/c1-5(12)11-9-8(10(13)14)6-4-15-3-2-7(6)16-9/h2-4H2,1H3,(H,11,12)(H,13,14). The maximum Gasteiger partial charge on any atom is 0.339 e. The van der Waals surface area contributed by atoms with Crippen molar-refractivity contribution in [2.75, 3.05) is 11.9 Å². The zero-order valence-electron chi connectivity index (χ0n) is 8.70. The normalized spacial score (nSPS) is 14.3. The molecule has 0 saturated heterocycles. The third-order valence-corrected chi connectivity index (χ3v) is 3.52. The molecule has 0 atom stereocenters. The van der Waals surface area contributed by atoms with Gasteiger partial charge in [0.2, 0.25) is 5.91 Å². The second kappa shape index (κ2) is 4.23. The van der Waals surface area contributed by atoms with Gasteiger partial charge >= 0.3 is 5.97 Å². The van der Waals surface area contributed by atoms with Gasteiger partial charge in [-0.25, -0.2) is 4.79 Å². The van der Waals surface area contributed by atoms with E-state index in [1.807, 2.05) is 0 Å². The average molecular weight is 241 g/mol. The van der Waals surface area contributed by atoms with Gasteiger partial charge in [0.05, 0.1) is 18.8 Å². The van der Waals surface area contributed by atoms with Crippen molar-refractivity contribution in [3.63, 3.8) is 0 Å². The molecule has 1 aliphatic heterocycles. The predicted octanol–water partition coefficient (Wildman–Crippen LogP) is 1.48. The molecule has 1 aromatic heterocycles. The molecule has 6 heteroatoms. The molecule has 2 heterocycles. The number of carboxylic acids is 1. The number of hydrogen-bond donors (Lipinski definition) is 2. The molecule has 0 unspecified atom stereocenters. The van der Waals surface area contributed by atoms with Crippen LogP contribution in [-0.4, -0.2) is 23.6 Å². The first-order valence-electron chi connectivity index (χ1n) is 4.82. The summed E-state index contributed by atoms with van der Waals surface area (Å²) < 4.78 is 5.24. The molecule has 16 heavy (non-hydrogen) atoms. The van der Waals surface area contributed by atoms with Crippen LogP contribution in [0.1, 0.15) is 27.7 Å². The topological polar surface area (TPSA) is 75.6 Å². The summed E-state index contributed by atoms with van der Waals surface area (Å²) in [6.45, 7) is 2.28. The number of aromatic carboxylic acids is 1. The second-order valence-electron chi connectivity index (χ2n) is 3.50. The average Bonchev–Trinajstić information content (AvgIpc) is 2.53. The number of anilines is 1. The van der Waals surface area contributed by atoms with Gasteiger partial charge in [-0.3, -0.25) is 4.79 Å². The third kappa shape index (κ3) is 1.94. The van der Waals surface area contributed by atoms with E-state index in [4.69, 9.17) is 9.84 Å². The molecule has 0 radical (unpaired) electrons. The largest absolute Gasteiger partial charge is 0.478 e. The van der Waals surface area contributed by atoms with E-state index in [0.717, 1.165) is 4.88 Å². The summed E-state index contributed by atoms with van der Waals surface area (Å²) in [5, 5.41) is 12.1. The van der Waals surface area contributed by atoms with E-state index in [1.54, 1.807) is 0 Å². The fourth-order valence-electron chi connectivity index (χ4n) is 1.68.